The number of aromatic nitrogens is 3. The number of piperidine rings is 1. The summed E-state index contributed by atoms with van der Waals surface area (Å²) >= 11 is 0.888. The van der Waals surface area contributed by atoms with E-state index in [1.807, 2.05) is 30.5 Å². The van der Waals surface area contributed by atoms with Gasteiger partial charge in [0, 0.05) is 37.6 Å². The summed E-state index contributed by atoms with van der Waals surface area (Å²) in [6.07, 6.45) is 8.90. The van der Waals surface area contributed by atoms with Crippen LogP contribution in [0, 0.1) is 5.92 Å². The quantitative estimate of drug-likeness (QED) is 0.495. The van der Waals surface area contributed by atoms with E-state index in [9.17, 15) is 9.59 Å². The first-order valence-corrected chi connectivity index (χ1v) is 12.0. The number of carbonyl (C=O) groups excluding carboxylic acids is 2. The van der Waals surface area contributed by atoms with Crippen molar-refractivity contribution in [2.24, 2.45) is 5.92 Å². The SMILES string of the molecule is O=C1NC(=O)C(=Cc2ccnc(N3CCC(CNCc4ccc(-c5ccco5)cn4)CC3)n2)S1. The summed E-state index contributed by atoms with van der Waals surface area (Å²) in [6.45, 7) is 3.40. The van der Waals surface area contributed by atoms with E-state index in [0.717, 1.165) is 67.8 Å². The molecule has 0 aliphatic carbocycles. The number of anilines is 1. The van der Waals surface area contributed by atoms with E-state index in [-0.39, 0.29) is 11.1 Å². The van der Waals surface area contributed by atoms with Crippen LogP contribution in [0.2, 0.25) is 0 Å². The predicted molar refractivity (Wildman–Crippen MR) is 130 cm³/mol. The van der Waals surface area contributed by atoms with Crippen LogP contribution in [0.5, 0.6) is 0 Å². The molecule has 0 radical (unpaired) electrons. The van der Waals surface area contributed by atoms with Gasteiger partial charge in [-0.05, 0) is 73.5 Å². The molecule has 2 fully saturated rings. The number of imide groups is 1. The van der Waals surface area contributed by atoms with Gasteiger partial charge in [-0.2, -0.15) is 0 Å². The highest BCUT2D eigenvalue weighted by molar-refractivity contribution is 8.18. The zero-order valence-electron chi connectivity index (χ0n) is 18.4. The number of nitrogens with one attached hydrogen (secondary N) is 2. The maximum Gasteiger partial charge on any atom is 0.290 e. The Kier molecular flexibility index (Phi) is 6.68. The fraction of sp³-hybridized carbons (Fsp3) is 0.292. The average Bonchev–Trinajstić information content (AvgIpc) is 3.50. The molecular formula is C24H24N6O3S. The first-order valence-electron chi connectivity index (χ1n) is 11.2. The minimum Gasteiger partial charge on any atom is -0.464 e. The molecule has 5 rings (SSSR count). The van der Waals surface area contributed by atoms with Crippen molar-refractivity contribution in [3.05, 3.63) is 65.3 Å². The van der Waals surface area contributed by atoms with Crippen molar-refractivity contribution < 1.29 is 14.0 Å². The van der Waals surface area contributed by atoms with E-state index in [1.54, 1.807) is 24.6 Å². The van der Waals surface area contributed by atoms with Crippen molar-refractivity contribution in [3.8, 4) is 11.3 Å². The highest BCUT2D eigenvalue weighted by Gasteiger charge is 2.25. The lowest BCUT2D eigenvalue weighted by Gasteiger charge is -2.32. The standard InChI is InChI=1S/C24H24N6O3S/c31-22-21(34-24(32)29-22)12-18-5-8-26-23(28-18)30-9-6-16(7-10-30)13-25-15-19-4-3-17(14-27-19)20-2-1-11-33-20/h1-5,8,11-12,14,16,25H,6-7,9-10,13,15H2,(H,29,31,32). The molecule has 2 saturated heterocycles. The van der Waals surface area contributed by atoms with Crippen LogP contribution in [0.3, 0.4) is 0 Å². The molecule has 0 spiro atoms. The number of carbonyl (C=O) groups is 2. The van der Waals surface area contributed by atoms with Gasteiger partial charge < -0.3 is 14.6 Å². The van der Waals surface area contributed by atoms with Gasteiger partial charge in [-0.3, -0.25) is 19.9 Å². The number of hydrogen-bond acceptors (Lipinski definition) is 9. The van der Waals surface area contributed by atoms with Gasteiger partial charge in [0.05, 0.1) is 22.6 Å². The molecule has 2 N–H and O–H groups in total. The lowest BCUT2D eigenvalue weighted by atomic mass is 9.97. The number of thioether (sulfide) groups is 1. The molecule has 2 aliphatic heterocycles. The summed E-state index contributed by atoms with van der Waals surface area (Å²) in [5.74, 6) is 1.67. The molecule has 3 aromatic rings. The molecule has 34 heavy (non-hydrogen) atoms. The Bertz CT molecular complexity index is 1190. The molecule has 0 saturated carbocycles. The third kappa shape index (κ3) is 5.35. The minimum absolute atomic E-state index is 0.351. The van der Waals surface area contributed by atoms with E-state index in [2.05, 4.69) is 30.5 Å². The molecule has 0 aromatic carbocycles. The molecule has 174 valence electrons. The van der Waals surface area contributed by atoms with Gasteiger partial charge in [0.1, 0.15) is 5.76 Å². The number of nitrogens with zero attached hydrogens (tertiary/aromatic N) is 4. The number of amides is 2. The summed E-state index contributed by atoms with van der Waals surface area (Å²) in [7, 11) is 0. The Morgan fingerprint density at radius 1 is 1.18 bits per heavy atom. The zero-order valence-corrected chi connectivity index (χ0v) is 19.3. The maximum absolute atomic E-state index is 11.8. The van der Waals surface area contributed by atoms with Crippen LogP contribution >= 0.6 is 11.8 Å². The fourth-order valence-corrected chi connectivity index (χ4v) is 4.68. The molecule has 0 atom stereocenters. The predicted octanol–water partition coefficient (Wildman–Crippen LogP) is 3.46. The molecule has 0 unspecified atom stereocenters. The van der Waals surface area contributed by atoms with Crippen molar-refractivity contribution >= 4 is 34.9 Å². The van der Waals surface area contributed by atoms with Gasteiger partial charge in [-0.15, -0.1) is 0 Å². The summed E-state index contributed by atoms with van der Waals surface area (Å²) < 4.78 is 5.40. The second-order valence-corrected chi connectivity index (χ2v) is 9.23. The summed E-state index contributed by atoms with van der Waals surface area (Å²) in [5.41, 5.74) is 2.59. The molecule has 0 bridgehead atoms. The average molecular weight is 477 g/mol. The molecule has 3 aromatic heterocycles. The number of hydrogen-bond donors (Lipinski definition) is 2. The Balaban J connectivity index is 1.09. The zero-order chi connectivity index (χ0) is 23.3. The Hall–Kier alpha value is -3.50. The topological polar surface area (TPSA) is 113 Å². The fourth-order valence-electron chi connectivity index (χ4n) is 4.01. The van der Waals surface area contributed by atoms with Crippen LogP contribution in [-0.4, -0.2) is 45.7 Å². The van der Waals surface area contributed by atoms with Gasteiger partial charge >= 0.3 is 0 Å². The normalized spacial score (nSPS) is 18.0. The smallest absolute Gasteiger partial charge is 0.290 e. The summed E-state index contributed by atoms with van der Waals surface area (Å²) in [5, 5.41) is 5.42. The second kappa shape index (κ2) is 10.2. The van der Waals surface area contributed by atoms with E-state index in [1.165, 1.54) is 0 Å². The van der Waals surface area contributed by atoms with Crippen molar-refractivity contribution in [2.45, 2.75) is 19.4 Å². The van der Waals surface area contributed by atoms with Crippen LogP contribution in [0.15, 0.2) is 58.3 Å². The first kappa shape index (κ1) is 22.3. The molecule has 2 aliphatic rings. The number of pyridine rings is 1. The van der Waals surface area contributed by atoms with Crippen LogP contribution in [0.1, 0.15) is 24.2 Å². The van der Waals surface area contributed by atoms with Crippen molar-refractivity contribution in [1.29, 1.82) is 0 Å². The lowest BCUT2D eigenvalue weighted by molar-refractivity contribution is -0.115. The van der Waals surface area contributed by atoms with E-state index in [0.29, 0.717) is 22.5 Å². The highest BCUT2D eigenvalue weighted by atomic mass is 32.2. The number of rotatable bonds is 7. The molecule has 5 heterocycles. The lowest BCUT2D eigenvalue weighted by Crippen LogP contribution is -2.38. The van der Waals surface area contributed by atoms with Crippen molar-refractivity contribution in [3.63, 3.8) is 0 Å². The van der Waals surface area contributed by atoms with Crippen molar-refractivity contribution in [2.75, 3.05) is 24.5 Å². The largest absolute Gasteiger partial charge is 0.464 e. The molecular weight excluding hydrogens is 452 g/mol. The van der Waals surface area contributed by atoms with Crippen LogP contribution in [0.4, 0.5) is 10.7 Å². The Morgan fingerprint density at radius 2 is 2.06 bits per heavy atom. The molecule has 2 amide bonds. The summed E-state index contributed by atoms with van der Waals surface area (Å²) in [6, 6.07) is 9.58. The highest BCUT2D eigenvalue weighted by Crippen LogP contribution is 2.26. The van der Waals surface area contributed by atoms with Gasteiger partial charge in [-0.1, -0.05) is 0 Å². The maximum atomic E-state index is 11.8. The van der Waals surface area contributed by atoms with Crippen molar-refractivity contribution in [1.82, 2.24) is 25.6 Å². The molecule has 9 nitrogen and oxygen atoms in total. The Morgan fingerprint density at radius 3 is 2.76 bits per heavy atom. The minimum atomic E-state index is -0.382. The van der Waals surface area contributed by atoms with E-state index >= 15 is 0 Å². The van der Waals surface area contributed by atoms with Crippen LogP contribution in [-0.2, 0) is 11.3 Å². The monoisotopic (exact) mass is 476 g/mol. The second-order valence-electron chi connectivity index (χ2n) is 8.21. The first-order chi connectivity index (χ1) is 16.6. The van der Waals surface area contributed by atoms with Gasteiger partial charge in [0.15, 0.2) is 0 Å². The van der Waals surface area contributed by atoms with Gasteiger partial charge in [0.2, 0.25) is 5.95 Å². The Labute approximate surface area is 201 Å². The van der Waals surface area contributed by atoms with E-state index in [4.69, 9.17) is 4.42 Å². The van der Waals surface area contributed by atoms with Crippen LogP contribution < -0.4 is 15.5 Å². The third-order valence-electron chi connectivity index (χ3n) is 5.85. The van der Waals surface area contributed by atoms with E-state index < -0.39 is 0 Å². The molecule has 10 heteroatoms. The van der Waals surface area contributed by atoms with Crippen LogP contribution in [0.25, 0.3) is 17.4 Å². The van der Waals surface area contributed by atoms with Gasteiger partial charge in [0.25, 0.3) is 11.1 Å². The number of furan rings is 1. The third-order valence-corrected chi connectivity index (χ3v) is 6.66. The summed E-state index contributed by atoms with van der Waals surface area (Å²) in [4.78, 5) is 39.1. The van der Waals surface area contributed by atoms with Gasteiger partial charge in [-0.25, -0.2) is 9.97 Å².